The molecule has 6 nitrogen and oxygen atoms in total. The maximum atomic E-state index is 13.0. The Morgan fingerprint density at radius 3 is 2.00 bits per heavy atom. The molecule has 34 heavy (non-hydrogen) atoms. The minimum absolute atomic E-state index is 0. The van der Waals surface area contributed by atoms with Crippen LogP contribution in [0.5, 0.6) is 0 Å². The van der Waals surface area contributed by atoms with Gasteiger partial charge in [0.25, 0.3) is 5.91 Å². The van der Waals surface area contributed by atoms with E-state index in [4.69, 9.17) is 0 Å². The number of carbonyl (C=O) groups is 2. The molecule has 2 aliphatic rings. The lowest BCUT2D eigenvalue weighted by Gasteiger charge is -2.36. The molecule has 0 aromatic heterocycles. The van der Waals surface area contributed by atoms with Crippen molar-refractivity contribution in [2.24, 2.45) is 0 Å². The van der Waals surface area contributed by atoms with Crippen molar-refractivity contribution in [3.63, 3.8) is 0 Å². The molecule has 0 unspecified atom stereocenters. The number of urea groups is 1. The predicted octanol–water partition coefficient (Wildman–Crippen LogP) is 4.64. The van der Waals surface area contributed by atoms with Crippen molar-refractivity contribution >= 4 is 30.0 Å². The molecule has 2 aromatic rings. The molecule has 0 saturated carbocycles. The Labute approximate surface area is 209 Å². The first-order valence-electron chi connectivity index (χ1n) is 12.2. The van der Waals surface area contributed by atoms with Gasteiger partial charge >= 0.3 is 6.03 Å². The van der Waals surface area contributed by atoms with Crippen molar-refractivity contribution in [3.8, 4) is 0 Å². The lowest BCUT2D eigenvalue weighted by atomic mass is 10.0. The predicted molar refractivity (Wildman–Crippen MR) is 139 cm³/mol. The summed E-state index contributed by atoms with van der Waals surface area (Å²) < 4.78 is 0. The van der Waals surface area contributed by atoms with Gasteiger partial charge in [0.2, 0.25) is 0 Å². The highest BCUT2D eigenvalue weighted by molar-refractivity contribution is 6.06. The molecule has 0 radical (unpaired) electrons. The van der Waals surface area contributed by atoms with Gasteiger partial charge in [-0.05, 0) is 50.9 Å². The molecule has 184 valence electrons. The fraction of sp³-hybridized carbons (Fsp3) is 0.481. The summed E-state index contributed by atoms with van der Waals surface area (Å²) in [7, 11) is 0. The van der Waals surface area contributed by atoms with Crippen LogP contribution in [-0.4, -0.2) is 71.4 Å². The second-order valence-electron chi connectivity index (χ2n) is 9.60. The first-order valence-corrected chi connectivity index (χ1v) is 12.2. The summed E-state index contributed by atoms with van der Waals surface area (Å²) in [6.07, 6.45) is 3.10. The number of unbranched alkanes of at least 4 members (excludes halogenated alkanes) is 2. The molecule has 0 bridgehead atoms. The number of carbonyl (C=O) groups excluding carboxylic acids is 2. The Balaban J connectivity index is 0.00000324. The van der Waals surface area contributed by atoms with Crippen molar-refractivity contribution in [3.05, 3.63) is 66.2 Å². The lowest BCUT2D eigenvalue weighted by molar-refractivity contribution is -0.132. The molecule has 0 atom stereocenters. The van der Waals surface area contributed by atoms with E-state index in [2.05, 4.69) is 40.1 Å². The highest BCUT2D eigenvalue weighted by Gasteiger charge is 2.50. The Bertz CT molecular complexity index is 930. The van der Waals surface area contributed by atoms with E-state index in [0.29, 0.717) is 13.1 Å². The average molecular weight is 485 g/mol. The molecule has 0 spiro atoms. The van der Waals surface area contributed by atoms with Crippen LogP contribution in [0.3, 0.4) is 0 Å². The van der Waals surface area contributed by atoms with E-state index in [9.17, 15) is 9.59 Å². The van der Waals surface area contributed by atoms with Gasteiger partial charge < -0.3 is 9.80 Å². The molecule has 0 N–H and O–H groups in total. The fourth-order valence-electron chi connectivity index (χ4n) is 4.85. The lowest BCUT2D eigenvalue weighted by Crippen LogP contribution is -2.46. The van der Waals surface area contributed by atoms with E-state index in [0.717, 1.165) is 57.5 Å². The normalized spacial score (nSPS) is 18.4. The summed E-state index contributed by atoms with van der Waals surface area (Å²) in [6, 6.07) is 20.2. The van der Waals surface area contributed by atoms with Gasteiger partial charge in [-0.15, -0.1) is 12.4 Å². The highest BCUT2D eigenvalue weighted by Crippen LogP contribution is 2.29. The third-order valence-corrected chi connectivity index (χ3v) is 6.94. The van der Waals surface area contributed by atoms with Gasteiger partial charge in [0.1, 0.15) is 5.54 Å². The summed E-state index contributed by atoms with van der Waals surface area (Å²) in [5.41, 5.74) is 1.51. The van der Waals surface area contributed by atoms with Gasteiger partial charge in [-0.1, -0.05) is 55.0 Å². The van der Waals surface area contributed by atoms with Gasteiger partial charge in [-0.2, -0.15) is 0 Å². The number of anilines is 1. The van der Waals surface area contributed by atoms with E-state index in [-0.39, 0.29) is 24.3 Å². The molecular weight excluding hydrogens is 448 g/mol. The third kappa shape index (κ3) is 5.91. The van der Waals surface area contributed by atoms with Crippen LogP contribution in [0.4, 0.5) is 10.5 Å². The number of piperazine rings is 1. The summed E-state index contributed by atoms with van der Waals surface area (Å²) >= 11 is 0. The number of imide groups is 1. The van der Waals surface area contributed by atoms with E-state index in [1.807, 2.05) is 44.2 Å². The Kier molecular flexibility index (Phi) is 8.97. The SMILES string of the molecule is CC1(C)C(=O)N(Cc2ccccc2)C(=O)N1CCCCCN1CCN(c2ccccc2)CC1.Cl. The summed E-state index contributed by atoms with van der Waals surface area (Å²) in [4.78, 5) is 34.1. The summed E-state index contributed by atoms with van der Waals surface area (Å²) in [5.74, 6) is -0.104. The maximum Gasteiger partial charge on any atom is 0.327 e. The van der Waals surface area contributed by atoms with Crippen LogP contribution in [0.2, 0.25) is 0 Å². The molecule has 2 heterocycles. The molecule has 2 saturated heterocycles. The smallest absolute Gasteiger partial charge is 0.327 e. The summed E-state index contributed by atoms with van der Waals surface area (Å²) in [5, 5.41) is 0. The highest BCUT2D eigenvalue weighted by atomic mass is 35.5. The quantitative estimate of drug-likeness (QED) is 0.384. The Hall–Kier alpha value is -2.57. The zero-order valence-corrected chi connectivity index (χ0v) is 21.2. The number of para-hydroxylation sites is 1. The number of benzene rings is 2. The van der Waals surface area contributed by atoms with Gasteiger partial charge in [-0.3, -0.25) is 14.6 Å². The molecule has 0 aliphatic carbocycles. The number of nitrogens with zero attached hydrogens (tertiary/aromatic N) is 4. The molecule has 2 aromatic carbocycles. The second-order valence-corrected chi connectivity index (χ2v) is 9.60. The van der Waals surface area contributed by atoms with E-state index in [1.165, 1.54) is 10.6 Å². The zero-order valence-electron chi connectivity index (χ0n) is 20.4. The van der Waals surface area contributed by atoms with Crippen molar-refractivity contribution in [2.45, 2.75) is 45.2 Å². The fourth-order valence-corrected chi connectivity index (χ4v) is 4.85. The standard InChI is InChI=1S/C27H36N4O2.ClH/c1-27(2)25(32)30(22-23-12-6-3-7-13-23)26(33)31(27)17-11-5-10-16-28-18-20-29(21-19-28)24-14-8-4-9-15-24;/h3-4,6-9,12-15H,5,10-11,16-22H2,1-2H3;1H. The minimum Gasteiger partial charge on any atom is -0.369 e. The minimum atomic E-state index is -0.778. The first-order chi connectivity index (χ1) is 16.0. The van der Waals surface area contributed by atoms with Crippen LogP contribution in [0.15, 0.2) is 60.7 Å². The van der Waals surface area contributed by atoms with Gasteiger partial charge in [0.05, 0.1) is 6.54 Å². The number of rotatable bonds is 9. The van der Waals surface area contributed by atoms with Crippen LogP contribution in [-0.2, 0) is 11.3 Å². The number of hydrogen-bond donors (Lipinski definition) is 0. The van der Waals surface area contributed by atoms with E-state index < -0.39 is 5.54 Å². The van der Waals surface area contributed by atoms with Crippen molar-refractivity contribution in [1.29, 1.82) is 0 Å². The second kappa shape index (κ2) is 11.7. The molecule has 3 amide bonds. The molecule has 4 rings (SSSR count). The number of halogens is 1. The van der Waals surface area contributed by atoms with E-state index >= 15 is 0 Å². The number of hydrogen-bond acceptors (Lipinski definition) is 4. The Morgan fingerprint density at radius 2 is 1.35 bits per heavy atom. The van der Waals surface area contributed by atoms with Gasteiger partial charge in [0, 0.05) is 38.4 Å². The summed E-state index contributed by atoms with van der Waals surface area (Å²) in [6.45, 7) is 10.1. The molecule has 2 fully saturated rings. The van der Waals surface area contributed by atoms with E-state index in [1.54, 1.807) is 4.90 Å². The van der Waals surface area contributed by atoms with Crippen LogP contribution in [0, 0.1) is 0 Å². The number of amides is 3. The zero-order chi connectivity index (χ0) is 23.3. The third-order valence-electron chi connectivity index (χ3n) is 6.94. The van der Waals surface area contributed by atoms with Crippen LogP contribution < -0.4 is 4.90 Å². The molecular formula is C27H37ClN4O2. The largest absolute Gasteiger partial charge is 0.369 e. The first kappa shape index (κ1) is 26.0. The molecule has 2 aliphatic heterocycles. The Morgan fingerprint density at radius 1 is 0.765 bits per heavy atom. The van der Waals surface area contributed by atoms with Crippen LogP contribution in [0.25, 0.3) is 0 Å². The van der Waals surface area contributed by atoms with Crippen molar-refractivity contribution in [2.75, 3.05) is 44.2 Å². The van der Waals surface area contributed by atoms with Gasteiger partial charge in [-0.25, -0.2) is 4.79 Å². The van der Waals surface area contributed by atoms with Crippen LogP contribution >= 0.6 is 12.4 Å². The van der Waals surface area contributed by atoms with Crippen molar-refractivity contribution in [1.82, 2.24) is 14.7 Å². The van der Waals surface area contributed by atoms with Crippen molar-refractivity contribution < 1.29 is 9.59 Å². The van der Waals surface area contributed by atoms with Gasteiger partial charge in [0.15, 0.2) is 0 Å². The topological polar surface area (TPSA) is 47.1 Å². The monoisotopic (exact) mass is 484 g/mol. The molecule has 7 heteroatoms. The van der Waals surface area contributed by atoms with Crippen LogP contribution in [0.1, 0.15) is 38.7 Å². The average Bonchev–Trinajstić information content (AvgIpc) is 3.00. The maximum absolute atomic E-state index is 13.0.